The topological polar surface area (TPSA) is 43.6 Å². The van der Waals surface area contributed by atoms with Gasteiger partial charge in [-0.25, -0.2) is 4.98 Å². The summed E-state index contributed by atoms with van der Waals surface area (Å²) < 4.78 is 7.39. The first-order valence-electron chi connectivity index (χ1n) is 7.22. The smallest absolute Gasteiger partial charge is 0.258 e. The molecule has 4 heteroatoms. The first kappa shape index (κ1) is 14.3. The Labute approximate surface area is 129 Å². The van der Waals surface area contributed by atoms with Gasteiger partial charge in [-0.2, -0.15) is 0 Å². The highest BCUT2D eigenvalue weighted by Crippen LogP contribution is 2.20. The summed E-state index contributed by atoms with van der Waals surface area (Å²) in [6, 6.07) is 11.4. The van der Waals surface area contributed by atoms with Crippen LogP contribution in [0.25, 0.3) is 5.65 Å². The number of rotatable bonds is 3. The van der Waals surface area contributed by atoms with Crippen molar-refractivity contribution in [2.24, 2.45) is 0 Å². The lowest BCUT2D eigenvalue weighted by molar-refractivity contribution is 0.299. The molecule has 0 fully saturated rings. The fourth-order valence-electron chi connectivity index (χ4n) is 2.40. The van der Waals surface area contributed by atoms with Gasteiger partial charge < -0.3 is 4.74 Å². The van der Waals surface area contributed by atoms with Crippen LogP contribution in [0.5, 0.6) is 5.75 Å². The number of hydrogen-bond donors (Lipinski definition) is 0. The largest absolute Gasteiger partial charge is 0.487 e. The Hall–Kier alpha value is -2.62. The van der Waals surface area contributed by atoms with Gasteiger partial charge in [0.1, 0.15) is 18.0 Å². The molecular formula is C18H18N2O2. The number of nitrogens with zero attached hydrogens (tertiary/aromatic N) is 2. The summed E-state index contributed by atoms with van der Waals surface area (Å²) in [6.07, 6.45) is 1.73. The third-order valence-corrected chi connectivity index (χ3v) is 3.66. The number of benzene rings is 1. The molecule has 0 radical (unpaired) electrons. The number of pyridine rings is 1. The highest BCUT2D eigenvalue weighted by molar-refractivity contribution is 5.46. The zero-order valence-corrected chi connectivity index (χ0v) is 13.0. The molecule has 1 aromatic carbocycles. The predicted molar refractivity (Wildman–Crippen MR) is 86.4 cm³/mol. The Morgan fingerprint density at radius 3 is 2.73 bits per heavy atom. The van der Waals surface area contributed by atoms with Crippen LogP contribution in [0.15, 0.2) is 47.4 Å². The SMILES string of the molecule is Cc1ccc(C)c(OCc2cc(=O)n3cccc(C)c3n2)c1. The Kier molecular flexibility index (Phi) is 3.67. The first-order chi connectivity index (χ1) is 10.5. The van der Waals surface area contributed by atoms with Gasteiger partial charge in [0.15, 0.2) is 0 Å². The maximum Gasteiger partial charge on any atom is 0.258 e. The van der Waals surface area contributed by atoms with Crippen LogP contribution >= 0.6 is 0 Å². The highest BCUT2D eigenvalue weighted by Gasteiger charge is 2.06. The van der Waals surface area contributed by atoms with Crippen LogP contribution in [-0.2, 0) is 6.61 Å². The lowest BCUT2D eigenvalue weighted by atomic mass is 10.1. The standard InChI is InChI=1S/C18H18N2O2/c1-12-6-7-13(2)16(9-12)22-11-15-10-17(21)20-8-4-5-14(3)18(20)19-15/h4-10H,11H2,1-3H3. The average molecular weight is 294 g/mol. The number of fused-ring (bicyclic) bond motifs is 1. The summed E-state index contributed by atoms with van der Waals surface area (Å²) in [5.74, 6) is 0.826. The Balaban J connectivity index is 1.93. The van der Waals surface area contributed by atoms with Crippen molar-refractivity contribution in [1.29, 1.82) is 0 Å². The van der Waals surface area contributed by atoms with E-state index in [1.807, 2.05) is 51.1 Å². The second kappa shape index (κ2) is 5.64. The lowest BCUT2D eigenvalue weighted by Crippen LogP contribution is -2.17. The Morgan fingerprint density at radius 1 is 1.09 bits per heavy atom. The summed E-state index contributed by atoms with van der Waals surface area (Å²) >= 11 is 0. The summed E-state index contributed by atoms with van der Waals surface area (Å²) in [6.45, 7) is 6.25. The summed E-state index contributed by atoms with van der Waals surface area (Å²) in [5.41, 5.74) is 4.40. The van der Waals surface area contributed by atoms with Crippen molar-refractivity contribution in [3.63, 3.8) is 0 Å². The van der Waals surface area contributed by atoms with E-state index in [9.17, 15) is 4.79 Å². The monoisotopic (exact) mass is 294 g/mol. The van der Waals surface area contributed by atoms with E-state index in [-0.39, 0.29) is 12.2 Å². The lowest BCUT2D eigenvalue weighted by Gasteiger charge is -2.10. The molecule has 3 rings (SSSR count). The Bertz CT molecular complexity index is 897. The minimum absolute atomic E-state index is 0.0896. The van der Waals surface area contributed by atoms with E-state index < -0.39 is 0 Å². The quantitative estimate of drug-likeness (QED) is 0.745. The van der Waals surface area contributed by atoms with Crippen molar-refractivity contribution in [2.45, 2.75) is 27.4 Å². The van der Waals surface area contributed by atoms with E-state index in [1.54, 1.807) is 10.6 Å². The third-order valence-electron chi connectivity index (χ3n) is 3.66. The van der Waals surface area contributed by atoms with Crippen LogP contribution in [-0.4, -0.2) is 9.38 Å². The van der Waals surface area contributed by atoms with E-state index in [0.29, 0.717) is 11.3 Å². The van der Waals surface area contributed by atoms with Crippen molar-refractivity contribution in [3.05, 3.63) is 75.3 Å². The second-order valence-electron chi connectivity index (χ2n) is 5.53. The molecule has 2 heterocycles. The minimum Gasteiger partial charge on any atom is -0.487 e. The molecule has 0 N–H and O–H groups in total. The molecule has 0 saturated carbocycles. The van der Waals surface area contributed by atoms with Crippen LogP contribution < -0.4 is 10.3 Å². The van der Waals surface area contributed by atoms with Gasteiger partial charge in [0.2, 0.25) is 0 Å². The summed E-state index contributed by atoms with van der Waals surface area (Å²) in [4.78, 5) is 16.7. The Morgan fingerprint density at radius 2 is 1.91 bits per heavy atom. The highest BCUT2D eigenvalue weighted by atomic mass is 16.5. The molecule has 0 aliphatic rings. The van der Waals surface area contributed by atoms with Crippen LogP contribution in [0.2, 0.25) is 0 Å². The molecule has 0 atom stereocenters. The van der Waals surface area contributed by atoms with Gasteiger partial charge in [-0.15, -0.1) is 0 Å². The van der Waals surface area contributed by atoms with E-state index in [0.717, 1.165) is 22.4 Å². The third kappa shape index (κ3) is 2.72. The van der Waals surface area contributed by atoms with E-state index in [2.05, 4.69) is 4.98 Å². The van der Waals surface area contributed by atoms with Gasteiger partial charge >= 0.3 is 0 Å². The van der Waals surface area contributed by atoms with Crippen LogP contribution in [0.1, 0.15) is 22.4 Å². The fraction of sp³-hybridized carbons (Fsp3) is 0.222. The molecule has 0 aliphatic carbocycles. The molecule has 0 aliphatic heterocycles. The predicted octanol–water partition coefficient (Wildman–Crippen LogP) is 3.20. The molecule has 3 aromatic rings. The van der Waals surface area contributed by atoms with Crippen molar-refractivity contribution < 1.29 is 4.74 Å². The molecule has 0 amide bonds. The van der Waals surface area contributed by atoms with Gasteiger partial charge in [0.05, 0.1) is 5.69 Å². The molecule has 22 heavy (non-hydrogen) atoms. The van der Waals surface area contributed by atoms with Crippen molar-refractivity contribution in [3.8, 4) is 5.75 Å². The number of aromatic nitrogens is 2. The van der Waals surface area contributed by atoms with Crippen molar-refractivity contribution in [2.75, 3.05) is 0 Å². The fourth-order valence-corrected chi connectivity index (χ4v) is 2.40. The summed E-state index contributed by atoms with van der Waals surface area (Å²) in [5, 5.41) is 0. The van der Waals surface area contributed by atoms with Gasteiger partial charge in [-0.05, 0) is 49.6 Å². The summed E-state index contributed by atoms with van der Waals surface area (Å²) in [7, 11) is 0. The van der Waals surface area contributed by atoms with Crippen LogP contribution in [0.4, 0.5) is 0 Å². The second-order valence-corrected chi connectivity index (χ2v) is 5.53. The molecule has 0 saturated heterocycles. The van der Waals surface area contributed by atoms with Gasteiger partial charge in [0, 0.05) is 12.3 Å². The normalized spacial score (nSPS) is 10.9. The van der Waals surface area contributed by atoms with Crippen LogP contribution in [0.3, 0.4) is 0 Å². The molecule has 0 bridgehead atoms. The van der Waals surface area contributed by atoms with E-state index >= 15 is 0 Å². The van der Waals surface area contributed by atoms with Crippen molar-refractivity contribution >= 4 is 5.65 Å². The van der Waals surface area contributed by atoms with Gasteiger partial charge in [-0.3, -0.25) is 9.20 Å². The van der Waals surface area contributed by atoms with Gasteiger partial charge in [0.25, 0.3) is 5.56 Å². The zero-order chi connectivity index (χ0) is 15.7. The number of ether oxygens (including phenoxy) is 1. The number of hydrogen-bond acceptors (Lipinski definition) is 3. The zero-order valence-electron chi connectivity index (χ0n) is 13.0. The average Bonchev–Trinajstić information content (AvgIpc) is 2.49. The maximum absolute atomic E-state index is 12.2. The van der Waals surface area contributed by atoms with Crippen molar-refractivity contribution in [1.82, 2.24) is 9.38 Å². The molecule has 0 unspecified atom stereocenters. The molecule has 4 nitrogen and oxygen atoms in total. The molecular weight excluding hydrogens is 276 g/mol. The molecule has 2 aromatic heterocycles. The molecule has 0 spiro atoms. The van der Waals surface area contributed by atoms with Crippen LogP contribution in [0, 0.1) is 20.8 Å². The maximum atomic E-state index is 12.2. The van der Waals surface area contributed by atoms with E-state index in [1.165, 1.54) is 6.07 Å². The molecule has 112 valence electrons. The number of aryl methyl sites for hydroxylation is 3. The minimum atomic E-state index is -0.0896. The van der Waals surface area contributed by atoms with E-state index in [4.69, 9.17) is 4.74 Å². The van der Waals surface area contributed by atoms with Gasteiger partial charge in [-0.1, -0.05) is 18.2 Å². The first-order valence-corrected chi connectivity index (χ1v) is 7.22.